The van der Waals surface area contributed by atoms with E-state index in [1.807, 2.05) is 5.32 Å². The van der Waals surface area contributed by atoms with Crippen molar-refractivity contribution in [3.63, 3.8) is 0 Å². The van der Waals surface area contributed by atoms with Gasteiger partial charge in [0.2, 0.25) is 5.60 Å². The summed E-state index contributed by atoms with van der Waals surface area (Å²) in [5.74, 6) is -0.530. The molecule has 34 heavy (non-hydrogen) atoms. The largest absolute Gasteiger partial charge is 0.490 e. The third-order valence-electron chi connectivity index (χ3n) is 5.26. The van der Waals surface area contributed by atoms with Crippen molar-refractivity contribution in [3.05, 3.63) is 47.4 Å². The number of benzene rings is 1. The van der Waals surface area contributed by atoms with Crippen molar-refractivity contribution in [3.8, 4) is 17.0 Å². The molecule has 2 aromatic rings. The number of pyridine rings is 1. The van der Waals surface area contributed by atoms with E-state index in [1.165, 1.54) is 39.8 Å². The molecule has 1 aromatic carbocycles. The van der Waals surface area contributed by atoms with Gasteiger partial charge in [0.15, 0.2) is 0 Å². The van der Waals surface area contributed by atoms with Gasteiger partial charge < -0.3 is 24.7 Å². The van der Waals surface area contributed by atoms with Crippen molar-refractivity contribution in [2.24, 2.45) is 0 Å². The minimum Gasteiger partial charge on any atom is -0.490 e. The predicted molar refractivity (Wildman–Crippen MR) is 113 cm³/mol. The van der Waals surface area contributed by atoms with Crippen LogP contribution in [0.15, 0.2) is 30.3 Å². The molecule has 7 nitrogen and oxygen atoms in total. The van der Waals surface area contributed by atoms with Gasteiger partial charge in [-0.05, 0) is 58.0 Å². The second-order valence-corrected chi connectivity index (χ2v) is 9.28. The zero-order chi connectivity index (χ0) is 25.5. The summed E-state index contributed by atoms with van der Waals surface area (Å²) < 4.78 is 66.5. The molecule has 11 heteroatoms. The van der Waals surface area contributed by atoms with Crippen LogP contribution < -0.4 is 10.1 Å². The van der Waals surface area contributed by atoms with Crippen LogP contribution in [0.25, 0.3) is 11.3 Å². The number of hydrogen-bond acceptors (Lipinski definition) is 6. The summed E-state index contributed by atoms with van der Waals surface area (Å²) in [7, 11) is 0. The third kappa shape index (κ3) is 4.84. The average molecular weight is 484 g/mol. The van der Waals surface area contributed by atoms with Gasteiger partial charge in [-0.2, -0.15) is 13.2 Å². The number of halogens is 4. The van der Waals surface area contributed by atoms with Gasteiger partial charge in [-0.25, -0.2) is 14.2 Å². The second kappa shape index (κ2) is 8.53. The van der Waals surface area contributed by atoms with Crippen molar-refractivity contribution in [1.29, 1.82) is 0 Å². The zero-order valence-electron chi connectivity index (χ0n) is 18.9. The summed E-state index contributed by atoms with van der Waals surface area (Å²) in [5.41, 5.74) is -6.63. The Hall–Kier alpha value is -3.21. The van der Waals surface area contributed by atoms with E-state index in [9.17, 15) is 32.3 Å². The van der Waals surface area contributed by atoms with Crippen molar-refractivity contribution in [2.75, 3.05) is 13.2 Å². The summed E-state index contributed by atoms with van der Waals surface area (Å²) in [6.07, 6.45) is -5.92. The van der Waals surface area contributed by atoms with Crippen LogP contribution in [0, 0.1) is 5.82 Å². The first-order chi connectivity index (χ1) is 15.6. The molecular formula is C23H24F4N2O5. The molecule has 0 unspecified atom stereocenters. The van der Waals surface area contributed by atoms with E-state index in [0.717, 1.165) is 18.2 Å². The van der Waals surface area contributed by atoms with Crippen molar-refractivity contribution in [2.45, 2.75) is 50.5 Å². The first kappa shape index (κ1) is 25.4. The molecule has 0 spiro atoms. The van der Waals surface area contributed by atoms with Crippen LogP contribution >= 0.6 is 0 Å². The summed E-state index contributed by atoms with van der Waals surface area (Å²) in [4.78, 5) is 27.8. The molecule has 3 rings (SSSR count). The van der Waals surface area contributed by atoms with E-state index >= 15 is 0 Å². The molecule has 184 valence electrons. The number of aldehydes is 1. The number of carbonyl (C=O) groups excluding carboxylic acids is 2. The van der Waals surface area contributed by atoms with E-state index in [-0.39, 0.29) is 29.2 Å². The van der Waals surface area contributed by atoms with Crippen LogP contribution in [-0.4, -0.2) is 47.4 Å². The number of alkyl halides is 3. The number of nitrogens with zero attached hydrogens (tertiary/aromatic N) is 1. The first-order valence-corrected chi connectivity index (χ1v) is 10.3. The third-order valence-corrected chi connectivity index (χ3v) is 5.26. The zero-order valence-corrected chi connectivity index (χ0v) is 18.9. The standard InChI is InChI=1S/C23H24F4N2O5/c1-20(2,3)34-19(31)28-10-22(32,23(25,26)27)16-9-15-18(33-12-21(15,4)11-30)17(29-16)13-5-7-14(24)8-6-13/h5-9,11,32H,10,12H2,1-4H3,(H,28,31)/t21-,22-/m0/s1. The molecule has 0 aliphatic carbocycles. The molecular weight excluding hydrogens is 460 g/mol. The van der Waals surface area contributed by atoms with Crippen LogP contribution in [0.2, 0.25) is 0 Å². The quantitative estimate of drug-likeness (QED) is 0.492. The van der Waals surface area contributed by atoms with Crippen LogP contribution in [0.4, 0.5) is 22.4 Å². The maximum atomic E-state index is 14.2. The first-order valence-electron chi connectivity index (χ1n) is 10.3. The molecule has 0 fully saturated rings. The molecule has 0 saturated heterocycles. The molecule has 0 bridgehead atoms. The number of nitrogens with one attached hydrogen (secondary N) is 1. The Labute approximate surface area is 193 Å². The smallest absolute Gasteiger partial charge is 0.424 e. The fourth-order valence-electron chi connectivity index (χ4n) is 3.37. The summed E-state index contributed by atoms with van der Waals surface area (Å²) in [6, 6.07) is 5.68. The van der Waals surface area contributed by atoms with Crippen LogP contribution in [-0.2, 0) is 20.5 Å². The Kier molecular flexibility index (Phi) is 6.38. The molecule has 1 aromatic heterocycles. The Morgan fingerprint density at radius 2 is 1.88 bits per heavy atom. The maximum absolute atomic E-state index is 14.2. The SMILES string of the molecule is CC(C)(C)OC(=O)NC[C@](O)(c1cc2c(c(-c3ccc(F)cc3)n1)OC[C@]2(C)C=O)C(F)(F)F. The molecule has 2 atom stereocenters. The van der Waals surface area contributed by atoms with Crippen LogP contribution in [0.1, 0.15) is 39.0 Å². The molecule has 0 radical (unpaired) electrons. The van der Waals surface area contributed by atoms with E-state index in [1.54, 1.807) is 0 Å². The minimum absolute atomic E-state index is 0.0505. The molecule has 1 aliphatic rings. The van der Waals surface area contributed by atoms with Crippen molar-refractivity contribution in [1.82, 2.24) is 10.3 Å². The summed E-state index contributed by atoms with van der Waals surface area (Å²) >= 11 is 0. The Morgan fingerprint density at radius 1 is 1.26 bits per heavy atom. The second-order valence-electron chi connectivity index (χ2n) is 9.28. The highest BCUT2D eigenvalue weighted by atomic mass is 19.4. The van der Waals surface area contributed by atoms with E-state index in [2.05, 4.69) is 4.98 Å². The number of alkyl carbamates (subject to hydrolysis) is 1. The average Bonchev–Trinajstić information content (AvgIpc) is 3.07. The number of carbonyl (C=O) groups is 2. The van der Waals surface area contributed by atoms with Crippen LogP contribution in [0.3, 0.4) is 0 Å². The summed E-state index contributed by atoms with van der Waals surface area (Å²) in [5, 5.41) is 12.7. The van der Waals surface area contributed by atoms with Crippen molar-refractivity contribution >= 4 is 12.4 Å². The lowest BCUT2D eigenvalue weighted by molar-refractivity contribution is -0.265. The van der Waals surface area contributed by atoms with Gasteiger partial charge >= 0.3 is 12.3 Å². The fourth-order valence-corrected chi connectivity index (χ4v) is 3.37. The molecule has 1 amide bonds. The number of hydrogen-bond donors (Lipinski definition) is 2. The number of aromatic nitrogens is 1. The maximum Gasteiger partial charge on any atom is 0.424 e. The van der Waals surface area contributed by atoms with Crippen molar-refractivity contribution < 1.29 is 41.7 Å². The number of ether oxygens (including phenoxy) is 2. The number of amides is 1. The lowest BCUT2D eigenvalue weighted by Crippen LogP contribution is -2.52. The lowest BCUT2D eigenvalue weighted by atomic mass is 9.83. The van der Waals surface area contributed by atoms with Gasteiger partial charge in [0.1, 0.15) is 35.8 Å². The highest BCUT2D eigenvalue weighted by Gasteiger charge is 2.57. The minimum atomic E-state index is -5.28. The Morgan fingerprint density at radius 3 is 2.41 bits per heavy atom. The molecule has 1 aliphatic heterocycles. The Bertz CT molecular complexity index is 1100. The van der Waals surface area contributed by atoms with Gasteiger partial charge in [0.25, 0.3) is 0 Å². The lowest BCUT2D eigenvalue weighted by Gasteiger charge is -2.31. The predicted octanol–water partition coefficient (Wildman–Crippen LogP) is 4.01. The van der Waals surface area contributed by atoms with E-state index < -0.39 is 46.9 Å². The number of fused-ring (bicyclic) bond motifs is 1. The van der Waals surface area contributed by atoms with Gasteiger partial charge in [-0.3, -0.25) is 0 Å². The normalized spacial score (nSPS) is 19.6. The Balaban J connectivity index is 2.15. The highest BCUT2D eigenvalue weighted by Crippen LogP contribution is 2.47. The summed E-state index contributed by atoms with van der Waals surface area (Å²) in [6.45, 7) is 4.58. The van der Waals surface area contributed by atoms with E-state index in [0.29, 0.717) is 6.29 Å². The number of rotatable bonds is 5. The van der Waals surface area contributed by atoms with E-state index in [4.69, 9.17) is 9.47 Å². The molecule has 2 N–H and O–H groups in total. The highest BCUT2D eigenvalue weighted by molar-refractivity contribution is 5.78. The fraction of sp³-hybridized carbons (Fsp3) is 0.435. The monoisotopic (exact) mass is 484 g/mol. The van der Waals surface area contributed by atoms with Crippen LogP contribution in [0.5, 0.6) is 5.75 Å². The number of aliphatic hydroxyl groups is 1. The van der Waals surface area contributed by atoms with Gasteiger partial charge in [-0.15, -0.1) is 0 Å². The molecule has 2 heterocycles. The molecule has 0 saturated carbocycles. The topological polar surface area (TPSA) is 97.8 Å². The van der Waals surface area contributed by atoms with Gasteiger partial charge in [-0.1, -0.05) is 0 Å². The van der Waals surface area contributed by atoms with Gasteiger partial charge in [0, 0.05) is 11.1 Å². The van der Waals surface area contributed by atoms with Gasteiger partial charge in [0.05, 0.1) is 17.7 Å².